The van der Waals surface area contributed by atoms with E-state index in [4.69, 9.17) is 9.97 Å². The van der Waals surface area contributed by atoms with Crippen LogP contribution in [0.1, 0.15) is 42.5 Å². The van der Waals surface area contributed by atoms with Gasteiger partial charge in [-0.15, -0.1) is 5.10 Å². The first-order chi connectivity index (χ1) is 16.6. The third kappa shape index (κ3) is 4.67. The summed E-state index contributed by atoms with van der Waals surface area (Å²) in [6, 6.07) is 19.3. The molecule has 0 fully saturated rings. The van der Waals surface area contributed by atoms with Crippen LogP contribution in [0.3, 0.4) is 0 Å². The normalized spacial score (nSPS) is 13.1. The summed E-state index contributed by atoms with van der Waals surface area (Å²) in [4.78, 5) is 10.3. The molecule has 0 saturated heterocycles. The molecule has 0 radical (unpaired) electrons. The maximum absolute atomic E-state index is 5.21. The molecular formula is C28H30N6. The zero-order chi connectivity index (χ0) is 23.5. The Morgan fingerprint density at radius 2 is 1.41 bits per heavy atom. The van der Waals surface area contributed by atoms with Gasteiger partial charge in [-0.05, 0) is 51.3 Å². The number of aryl methyl sites for hydroxylation is 4. The summed E-state index contributed by atoms with van der Waals surface area (Å²) >= 11 is 0. The first kappa shape index (κ1) is 22.1. The van der Waals surface area contributed by atoms with E-state index in [0.717, 1.165) is 71.6 Å². The third-order valence-electron chi connectivity index (χ3n) is 6.43. The molecule has 2 aromatic carbocycles. The van der Waals surface area contributed by atoms with E-state index in [1.807, 2.05) is 0 Å². The molecule has 1 aliphatic heterocycles. The number of unbranched alkanes of at least 4 members (excludes halogenated alkanes) is 2. The lowest BCUT2D eigenvalue weighted by Crippen LogP contribution is -2.04. The van der Waals surface area contributed by atoms with Crippen molar-refractivity contribution >= 4 is 16.9 Å². The van der Waals surface area contributed by atoms with E-state index in [9.17, 15) is 0 Å². The summed E-state index contributed by atoms with van der Waals surface area (Å²) in [6.45, 7) is 7.97. The van der Waals surface area contributed by atoms with Crippen molar-refractivity contribution < 1.29 is 0 Å². The van der Waals surface area contributed by atoms with Gasteiger partial charge in [0, 0.05) is 23.4 Å². The van der Waals surface area contributed by atoms with Gasteiger partial charge in [0.2, 0.25) is 0 Å². The highest BCUT2D eigenvalue weighted by Gasteiger charge is 2.17. The summed E-state index contributed by atoms with van der Waals surface area (Å²) < 4.78 is 2.32. The first-order valence-corrected chi connectivity index (χ1v) is 12.0. The van der Waals surface area contributed by atoms with Crippen LogP contribution in [0.15, 0.2) is 70.0 Å². The summed E-state index contributed by atoms with van der Waals surface area (Å²) in [5, 5.41) is 11.7. The van der Waals surface area contributed by atoms with Crippen LogP contribution in [0.2, 0.25) is 0 Å². The van der Waals surface area contributed by atoms with Crippen molar-refractivity contribution in [2.24, 2.45) is 15.4 Å². The molecule has 5 rings (SSSR count). The molecule has 0 amide bonds. The zero-order valence-corrected chi connectivity index (χ0v) is 20.1. The molecule has 0 unspecified atom stereocenters. The molecule has 3 heterocycles. The van der Waals surface area contributed by atoms with Crippen LogP contribution in [0.4, 0.5) is 0 Å². The Hall–Kier alpha value is -3.67. The Morgan fingerprint density at radius 3 is 2.03 bits per heavy atom. The van der Waals surface area contributed by atoms with Crippen LogP contribution in [0, 0.1) is 20.8 Å². The molecule has 1 aliphatic rings. The predicted molar refractivity (Wildman–Crippen MR) is 138 cm³/mol. The molecule has 6 heteroatoms. The highest BCUT2D eigenvalue weighted by atomic mass is 15.4. The van der Waals surface area contributed by atoms with Crippen LogP contribution in [-0.4, -0.2) is 26.8 Å². The molecular weight excluding hydrogens is 420 g/mol. The minimum atomic E-state index is 0.669. The lowest BCUT2D eigenvalue weighted by molar-refractivity contribution is 0.595. The van der Waals surface area contributed by atoms with Gasteiger partial charge in [0.1, 0.15) is 12.1 Å². The van der Waals surface area contributed by atoms with E-state index in [1.165, 1.54) is 16.8 Å². The van der Waals surface area contributed by atoms with Crippen LogP contribution < -0.4 is 0 Å². The number of hydrogen-bond acceptors (Lipinski definition) is 5. The molecule has 0 N–H and O–H groups in total. The second-order valence-electron chi connectivity index (χ2n) is 9.16. The Bertz CT molecular complexity index is 1360. The number of nitrogens with zero attached hydrogens (tertiary/aromatic N) is 6. The molecule has 0 bridgehead atoms. The third-order valence-corrected chi connectivity index (χ3v) is 6.43. The van der Waals surface area contributed by atoms with Gasteiger partial charge in [0.25, 0.3) is 0 Å². The number of hydrogen-bond donors (Lipinski definition) is 0. The van der Waals surface area contributed by atoms with Crippen molar-refractivity contribution in [1.82, 2.24) is 14.5 Å². The summed E-state index contributed by atoms with van der Waals surface area (Å²) in [5.41, 5.74) is 10.7. The Kier molecular flexibility index (Phi) is 6.30. The van der Waals surface area contributed by atoms with E-state index < -0.39 is 0 Å². The quantitative estimate of drug-likeness (QED) is 0.269. The number of fused-ring (bicyclic) bond motifs is 1. The lowest BCUT2D eigenvalue weighted by Gasteiger charge is -2.12. The van der Waals surface area contributed by atoms with Gasteiger partial charge in [0.15, 0.2) is 5.65 Å². The molecule has 6 nitrogen and oxygen atoms in total. The van der Waals surface area contributed by atoms with E-state index in [2.05, 4.69) is 95.4 Å². The summed E-state index contributed by atoms with van der Waals surface area (Å²) in [7, 11) is 0. The van der Waals surface area contributed by atoms with Crippen molar-refractivity contribution in [3.8, 4) is 22.5 Å². The van der Waals surface area contributed by atoms with Crippen molar-refractivity contribution in [2.75, 3.05) is 6.54 Å². The Labute approximate surface area is 200 Å². The van der Waals surface area contributed by atoms with E-state index in [0.29, 0.717) is 6.54 Å². The molecule has 172 valence electrons. The molecule has 0 aliphatic carbocycles. The monoisotopic (exact) mass is 450 g/mol. The molecule has 0 spiro atoms. The van der Waals surface area contributed by atoms with Gasteiger partial charge in [-0.3, -0.25) is 0 Å². The van der Waals surface area contributed by atoms with Crippen LogP contribution in [0.5, 0.6) is 0 Å². The van der Waals surface area contributed by atoms with Gasteiger partial charge in [-0.25, -0.2) is 9.97 Å². The van der Waals surface area contributed by atoms with Crippen molar-refractivity contribution in [2.45, 2.75) is 53.0 Å². The summed E-state index contributed by atoms with van der Waals surface area (Å²) in [6.07, 6.45) is 4.32. The SMILES string of the molecule is Cc1ccc(-c2nc3cc(C)n(CCCCCC4=NN=NC4)c3nc2-c2ccc(C)cc2)cc1. The largest absolute Gasteiger partial charge is 0.329 e. The molecule has 0 atom stereocenters. The van der Waals surface area contributed by atoms with Crippen LogP contribution in [0.25, 0.3) is 33.7 Å². The van der Waals surface area contributed by atoms with Crippen molar-refractivity contribution in [3.63, 3.8) is 0 Å². The van der Waals surface area contributed by atoms with Gasteiger partial charge in [-0.1, -0.05) is 66.1 Å². The highest BCUT2D eigenvalue weighted by Crippen LogP contribution is 2.32. The van der Waals surface area contributed by atoms with Crippen LogP contribution >= 0.6 is 0 Å². The number of benzene rings is 2. The minimum Gasteiger partial charge on any atom is -0.329 e. The lowest BCUT2D eigenvalue weighted by atomic mass is 10.0. The average Bonchev–Trinajstić information content (AvgIpc) is 3.46. The standard InChI is InChI=1S/C28H30N6/c1-19-8-12-22(13-9-19)26-27(23-14-10-20(2)11-15-23)31-28-25(30-26)17-21(3)34(28)16-6-4-5-7-24-18-29-33-32-24/h8-15,17H,4-7,16,18H2,1-3H3. The van der Waals surface area contributed by atoms with Crippen LogP contribution in [-0.2, 0) is 6.54 Å². The molecule has 0 saturated carbocycles. The molecule has 2 aromatic heterocycles. The Morgan fingerprint density at radius 1 is 0.765 bits per heavy atom. The Balaban J connectivity index is 1.46. The molecule has 34 heavy (non-hydrogen) atoms. The fraction of sp³-hybridized carbons (Fsp3) is 0.321. The fourth-order valence-corrected chi connectivity index (χ4v) is 4.43. The van der Waals surface area contributed by atoms with E-state index in [1.54, 1.807) is 0 Å². The van der Waals surface area contributed by atoms with Gasteiger partial charge in [-0.2, -0.15) is 5.11 Å². The minimum absolute atomic E-state index is 0.669. The number of rotatable bonds is 8. The fourth-order valence-electron chi connectivity index (χ4n) is 4.43. The van der Waals surface area contributed by atoms with E-state index >= 15 is 0 Å². The van der Waals surface area contributed by atoms with Crippen molar-refractivity contribution in [1.29, 1.82) is 0 Å². The highest BCUT2D eigenvalue weighted by molar-refractivity contribution is 5.87. The molecule has 4 aromatic rings. The predicted octanol–water partition coefficient (Wildman–Crippen LogP) is 7.07. The summed E-state index contributed by atoms with van der Waals surface area (Å²) in [5.74, 6) is 0. The maximum Gasteiger partial charge on any atom is 0.159 e. The maximum atomic E-state index is 5.21. The van der Waals surface area contributed by atoms with Crippen molar-refractivity contribution in [3.05, 3.63) is 71.4 Å². The first-order valence-electron chi connectivity index (χ1n) is 12.0. The number of aromatic nitrogens is 3. The second-order valence-corrected chi connectivity index (χ2v) is 9.16. The second kappa shape index (κ2) is 9.67. The van der Waals surface area contributed by atoms with Gasteiger partial charge in [0.05, 0.1) is 17.1 Å². The van der Waals surface area contributed by atoms with Gasteiger partial charge >= 0.3 is 0 Å². The van der Waals surface area contributed by atoms with Gasteiger partial charge < -0.3 is 4.57 Å². The topological polar surface area (TPSA) is 67.8 Å². The van der Waals surface area contributed by atoms with E-state index in [-0.39, 0.29) is 0 Å². The zero-order valence-electron chi connectivity index (χ0n) is 20.1. The average molecular weight is 451 g/mol. The smallest absolute Gasteiger partial charge is 0.159 e.